The Balaban J connectivity index is 1.39. The van der Waals surface area contributed by atoms with Gasteiger partial charge in [-0.05, 0) is 49.6 Å². The zero-order valence-electron chi connectivity index (χ0n) is 20.9. The predicted molar refractivity (Wildman–Crippen MR) is 140 cm³/mol. The number of hydrogen-bond acceptors (Lipinski definition) is 6. The quantitative estimate of drug-likeness (QED) is 0.306. The summed E-state index contributed by atoms with van der Waals surface area (Å²) in [4.78, 5) is 32.3. The molecule has 1 amide bonds. The summed E-state index contributed by atoms with van der Waals surface area (Å²) in [7, 11) is 0. The van der Waals surface area contributed by atoms with E-state index in [1.165, 1.54) is 4.68 Å². The van der Waals surface area contributed by atoms with Gasteiger partial charge in [-0.2, -0.15) is 5.10 Å². The fraction of sp³-hybridized carbons (Fsp3) is 0.357. The molecular weight excluding hydrogens is 454 g/mol. The number of fused-ring (bicyclic) bond motifs is 1. The Morgan fingerprint density at radius 1 is 1.14 bits per heavy atom. The molecule has 1 aromatic carbocycles. The molecule has 0 fully saturated rings. The van der Waals surface area contributed by atoms with Crippen LogP contribution in [0.2, 0.25) is 0 Å². The molecule has 4 rings (SSSR count). The highest BCUT2D eigenvalue weighted by molar-refractivity contribution is 5.84. The highest BCUT2D eigenvalue weighted by Gasteiger charge is 2.15. The maximum absolute atomic E-state index is 13.0. The molecule has 3 aromatic heterocycles. The van der Waals surface area contributed by atoms with Gasteiger partial charge in [0.25, 0.3) is 5.56 Å². The van der Waals surface area contributed by atoms with Gasteiger partial charge in [0.1, 0.15) is 12.3 Å². The summed E-state index contributed by atoms with van der Waals surface area (Å²) in [5, 5.41) is 8.87. The standard InChI is InChI=1S/C28H33N5O3/c1-3-21(2)32(19-23-10-7-16-36-23)15-8-14-30-27(34)20-33-28(35)25-12-5-4-11-24(25)26(31-33)17-22-9-6-13-29-18-22/h4-7,9-13,16,18,21H,3,8,14-15,17,19-20H2,1-2H3,(H,30,34)/t21-/m0/s1. The van der Waals surface area contributed by atoms with E-state index in [2.05, 4.69) is 34.1 Å². The fourth-order valence-corrected chi connectivity index (χ4v) is 4.26. The lowest BCUT2D eigenvalue weighted by molar-refractivity contribution is -0.121. The van der Waals surface area contributed by atoms with Gasteiger partial charge in [0.15, 0.2) is 0 Å². The summed E-state index contributed by atoms with van der Waals surface area (Å²) >= 11 is 0. The average molecular weight is 488 g/mol. The lowest BCUT2D eigenvalue weighted by Crippen LogP contribution is -2.37. The molecule has 188 valence electrons. The zero-order valence-corrected chi connectivity index (χ0v) is 20.9. The number of nitrogens with one attached hydrogen (secondary N) is 1. The minimum atomic E-state index is -0.267. The summed E-state index contributed by atoms with van der Waals surface area (Å²) in [5.41, 5.74) is 1.47. The summed E-state index contributed by atoms with van der Waals surface area (Å²) < 4.78 is 6.77. The van der Waals surface area contributed by atoms with Crippen molar-refractivity contribution in [2.45, 2.75) is 52.2 Å². The van der Waals surface area contributed by atoms with Crippen LogP contribution in [0.5, 0.6) is 0 Å². The maximum Gasteiger partial charge on any atom is 0.275 e. The average Bonchev–Trinajstić information content (AvgIpc) is 3.42. The minimum Gasteiger partial charge on any atom is -0.468 e. The Morgan fingerprint density at radius 3 is 2.69 bits per heavy atom. The van der Waals surface area contributed by atoms with Crippen LogP contribution in [-0.4, -0.2) is 44.7 Å². The Hall–Kier alpha value is -3.78. The largest absolute Gasteiger partial charge is 0.468 e. The van der Waals surface area contributed by atoms with Crippen LogP contribution in [0, 0.1) is 0 Å². The number of amides is 1. The number of pyridine rings is 1. The molecule has 0 unspecified atom stereocenters. The van der Waals surface area contributed by atoms with Gasteiger partial charge in [0.05, 0.1) is 23.9 Å². The van der Waals surface area contributed by atoms with E-state index < -0.39 is 0 Å². The van der Waals surface area contributed by atoms with Gasteiger partial charge < -0.3 is 9.73 Å². The van der Waals surface area contributed by atoms with Crippen LogP contribution in [0.15, 0.2) is 76.4 Å². The third-order valence-electron chi connectivity index (χ3n) is 6.43. The van der Waals surface area contributed by atoms with Crippen LogP contribution >= 0.6 is 0 Å². The Kier molecular flexibility index (Phi) is 8.62. The maximum atomic E-state index is 13.0. The monoisotopic (exact) mass is 487 g/mol. The lowest BCUT2D eigenvalue weighted by atomic mass is 10.1. The smallest absolute Gasteiger partial charge is 0.275 e. The minimum absolute atomic E-state index is 0.120. The highest BCUT2D eigenvalue weighted by Crippen LogP contribution is 2.16. The van der Waals surface area contributed by atoms with Crippen LogP contribution in [0.4, 0.5) is 0 Å². The van der Waals surface area contributed by atoms with Crippen molar-refractivity contribution in [2.24, 2.45) is 0 Å². The van der Waals surface area contributed by atoms with E-state index in [0.717, 1.165) is 48.3 Å². The molecule has 0 saturated carbocycles. The van der Waals surface area contributed by atoms with Crippen LogP contribution in [0.1, 0.15) is 43.7 Å². The summed E-state index contributed by atoms with van der Waals surface area (Å²) in [6, 6.07) is 15.5. The first-order chi connectivity index (χ1) is 17.5. The first kappa shape index (κ1) is 25.3. The van der Waals surface area contributed by atoms with Crippen LogP contribution in [-0.2, 0) is 24.3 Å². The van der Waals surface area contributed by atoms with Crippen molar-refractivity contribution >= 4 is 16.7 Å². The molecule has 1 atom stereocenters. The number of furan rings is 1. The predicted octanol–water partition coefficient (Wildman–Crippen LogP) is 3.78. The molecule has 0 aliphatic rings. The summed E-state index contributed by atoms with van der Waals surface area (Å²) in [6.07, 6.45) is 7.55. The molecule has 0 aliphatic heterocycles. The summed E-state index contributed by atoms with van der Waals surface area (Å²) in [5.74, 6) is 0.705. The van der Waals surface area contributed by atoms with Crippen molar-refractivity contribution < 1.29 is 9.21 Å². The van der Waals surface area contributed by atoms with Crippen molar-refractivity contribution in [3.63, 3.8) is 0 Å². The Labute approximate surface area is 211 Å². The van der Waals surface area contributed by atoms with E-state index in [-0.39, 0.29) is 18.0 Å². The first-order valence-corrected chi connectivity index (χ1v) is 12.5. The number of aromatic nitrogens is 3. The number of carbonyl (C=O) groups is 1. The van der Waals surface area contributed by atoms with Crippen LogP contribution in [0.25, 0.3) is 10.8 Å². The van der Waals surface area contributed by atoms with Gasteiger partial charge in [-0.1, -0.05) is 31.2 Å². The molecule has 0 saturated heterocycles. The van der Waals surface area contributed by atoms with Crippen molar-refractivity contribution in [2.75, 3.05) is 13.1 Å². The number of carbonyl (C=O) groups excluding carboxylic acids is 1. The van der Waals surface area contributed by atoms with Crippen molar-refractivity contribution in [3.8, 4) is 0 Å². The van der Waals surface area contributed by atoms with Crippen molar-refractivity contribution in [3.05, 3.63) is 94.6 Å². The molecule has 0 aliphatic carbocycles. The van der Waals surface area contributed by atoms with Crippen LogP contribution in [0.3, 0.4) is 0 Å². The third-order valence-corrected chi connectivity index (χ3v) is 6.43. The highest BCUT2D eigenvalue weighted by atomic mass is 16.3. The normalized spacial score (nSPS) is 12.2. The topological polar surface area (TPSA) is 93.3 Å². The second-order valence-electron chi connectivity index (χ2n) is 9.00. The van der Waals surface area contributed by atoms with Crippen molar-refractivity contribution in [1.29, 1.82) is 0 Å². The fourth-order valence-electron chi connectivity index (χ4n) is 4.26. The molecule has 0 bridgehead atoms. The summed E-state index contributed by atoms with van der Waals surface area (Å²) in [6.45, 7) is 6.34. The molecule has 1 N–H and O–H groups in total. The van der Waals surface area contributed by atoms with Crippen LogP contribution < -0.4 is 10.9 Å². The Morgan fingerprint density at radius 2 is 1.97 bits per heavy atom. The van der Waals surface area contributed by atoms with E-state index in [4.69, 9.17) is 4.42 Å². The van der Waals surface area contributed by atoms with E-state index in [0.29, 0.717) is 24.4 Å². The third kappa shape index (κ3) is 6.46. The molecule has 4 aromatic rings. The second-order valence-corrected chi connectivity index (χ2v) is 9.00. The molecule has 0 radical (unpaired) electrons. The van der Waals surface area contributed by atoms with Gasteiger partial charge in [-0.15, -0.1) is 0 Å². The number of hydrogen-bond donors (Lipinski definition) is 1. The molecule has 8 heteroatoms. The van der Waals surface area contributed by atoms with Gasteiger partial charge in [0.2, 0.25) is 5.91 Å². The van der Waals surface area contributed by atoms with E-state index >= 15 is 0 Å². The molecule has 0 spiro atoms. The van der Waals surface area contributed by atoms with Gasteiger partial charge in [-0.3, -0.25) is 19.5 Å². The molecular formula is C28H33N5O3. The van der Waals surface area contributed by atoms with E-state index in [1.807, 2.05) is 42.5 Å². The van der Waals surface area contributed by atoms with Gasteiger partial charge in [0, 0.05) is 43.3 Å². The number of rotatable bonds is 12. The molecule has 3 heterocycles. The van der Waals surface area contributed by atoms with Gasteiger partial charge in [-0.25, -0.2) is 4.68 Å². The Bertz CT molecular complexity index is 1320. The van der Waals surface area contributed by atoms with Crippen molar-refractivity contribution in [1.82, 2.24) is 25.0 Å². The molecule has 8 nitrogen and oxygen atoms in total. The van der Waals surface area contributed by atoms with Gasteiger partial charge >= 0.3 is 0 Å². The first-order valence-electron chi connectivity index (χ1n) is 12.5. The van der Waals surface area contributed by atoms with E-state index in [9.17, 15) is 9.59 Å². The number of benzene rings is 1. The second kappa shape index (κ2) is 12.3. The van der Waals surface area contributed by atoms with E-state index in [1.54, 1.807) is 24.7 Å². The molecule has 36 heavy (non-hydrogen) atoms. The SMILES string of the molecule is CC[C@H](C)N(CCCNC(=O)Cn1nc(Cc2cccnc2)c2ccccc2c1=O)Cc1ccco1. The zero-order chi connectivity index (χ0) is 25.3. The lowest BCUT2D eigenvalue weighted by Gasteiger charge is -2.27. The number of nitrogens with zero attached hydrogens (tertiary/aromatic N) is 4.